The standard InChI is InChI=1S/C27H20ClNO3S/c28-20-9-13-23(14-10-20)31-24-15-11-21(12-16-24)29-26(30)18-33-27(29)19-5-4-8-25(17-19)32-22-6-2-1-3-7-22/h1-17,27H,18H2. The molecule has 0 aliphatic carbocycles. The maximum Gasteiger partial charge on any atom is 0.238 e. The predicted molar refractivity (Wildman–Crippen MR) is 134 cm³/mol. The molecule has 0 spiro atoms. The van der Waals surface area contributed by atoms with Crippen LogP contribution in [0.5, 0.6) is 23.0 Å². The third kappa shape index (κ3) is 5.00. The summed E-state index contributed by atoms with van der Waals surface area (Å²) in [6.45, 7) is 0. The summed E-state index contributed by atoms with van der Waals surface area (Å²) in [5.41, 5.74) is 1.84. The fourth-order valence-electron chi connectivity index (χ4n) is 3.62. The van der Waals surface area contributed by atoms with Gasteiger partial charge in [-0.1, -0.05) is 41.9 Å². The van der Waals surface area contributed by atoms with Crippen LogP contribution in [0.3, 0.4) is 0 Å². The SMILES string of the molecule is O=C1CSC(c2cccc(Oc3ccccc3)c2)N1c1ccc(Oc2ccc(Cl)cc2)cc1. The lowest BCUT2D eigenvalue weighted by Crippen LogP contribution is -2.27. The number of ether oxygens (including phenoxy) is 2. The topological polar surface area (TPSA) is 38.8 Å². The second-order valence-corrected chi connectivity index (χ2v) is 8.97. The Balaban J connectivity index is 1.35. The van der Waals surface area contributed by atoms with Crippen molar-refractivity contribution in [3.63, 3.8) is 0 Å². The lowest BCUT2D eigenvalue weighted by Gasteiger charge is -2.25. The molecule has 4 aromatic carbocycles. The molecule has 0 N–H and O–H groups in total. The molecule has 4 aromatic rings. The minimum atomic E-state index is -0.125. The van der Waals surface area contributed by atoms with Crippen molar-refractivity contribution in [2.75, 3.05) is 10.7 Å². The van der Waals surface area contributed by atoms with Gasteiger partial charge in [0.1, 0.15) is 28.4 Å². The molecule has 1 aliphatic rings. The van der Waals surface area contributed by atoms with Gasteiger partial charge in [0.05, 0.1) is 5.75 Å². The van der Waals surface area contributed by atoms with Crippen molar-refractivity contribution in [1.82, 2.24) is 0 Å². The molecule has 1 fully saturated rings. The normalized spacial score (nSPS) is 15.5. The Bertz CT molecular complexity index is 1250. The van der Waals surface area contributed by atoms with E-state index in [0.29, 0.717) is 22.3 Å². The van der Waals surface area contributed by atoms with Crippen molar-refractivity contribution in [3.05, 3.63) is 114 Å². The van der Waals surface area contributed by atoms with Crippen LogP contribution in [0.1, 0.15) is 10.9 Å². The first-order valence-corrected chi connectivity index (χ1v) is 11.9. The summed E-state index contributed by atoms with van der Waals surface area (Å²) < 4.78 is 11.9. The third-order valence-corrected chi connectivity index (χ3v) is 6.62. The van der Waals surface area contributed by atoms with Gasteiger partial charge in [0.15, 0.2) is 0 Å². The Labute approximate surface area is 201 Å². The molecule has 164 valence electrons. The monoisotopic (exact) mass is 473 g/mol. The van der Waals surface area contributed by atoms with Gasteiger partial charge in [0.25, 0.3) is 0 Å². The van der Waals surface area contributed by atoms with Crippen LogP contribution in [0.2, 0.25) is 5.02 Å². The van der Waals surface area contributed by atoms with Crippen LogP contribution in [0.25, 0.3) is 0 Å². The zero-order valence-corrected chi connectivity index (χ0v) is 19.1. The summed E-state index contributed by atoms with van der Waals surface area (Å²) in [6, 6.07) is 32.3. The van der Waals surface area contributed by atoms with E-state index in [-0.39, 0.29) is 11.3 Å². The van der Waals surface area contributed by atoms with Crippen LogP contribution in [-0.4, -0.2) is 11.7 Å². The zero-order chi connectivity index (χ0) is 22.6. The first kappa shape index (κ1) is 21.4. The summed E-state index contributed by atoms with van der Waals surface area (Å²) in [4.78, 5) is 14.6. The first-order valence-electron chi connectivity index (χ1n) is 10.5. The molecule has 1 amide bonds. The quantitative estimate of drug-likeness (QED) is 0.287. The van der Waals surface area contributed by atoms with Gasteiger partial charge in [-0.15, -0.1) is 11.8 Å². The van der Waals surface area contributed by atoms with E-state index in [2.05, 4.69) is 0 Å². The number of rotatable bonds is 6. The molecular weight excluding hydrogens is 454 g/mol. The van der Waals surface area contributed by atoms with E-state index in [4.69, 9.17) is 21.1 Å². The van der Waals surface area contributed by atoms with E-state index in [1.54, 1.807) is 23.9 Å². The van der Waals surface area contributed by atoms with Gasteiger partial charge < -0.3 is 9.47 Å². The molecule has 5 rings (SSSR count). The predicted octanol–water partition coefficient (Wildman–Crippen LogP) is 7.70. The number of carbonyl (C=O) groups excluding carboxylic acids is 1. The lowest BCUT2D eigenvalue weighted by atomic mass is 10.1. The largest absolute Gasteiger partial charge is 0.457 e. The van der Waals surface area contributed by atoms with Crippen LogP contribution in [-0.2, 0) is 4.79 Å². The number of amides is 1. The van der Waals surface area contributed by atoms with E-state index in [1.807, 2.05) is 95.9 Å². The van der Waals surface area contributed by atoms with E-state index < -0.39 is 0 Å². The highest BCUT2D eigenvalue weighted by molar-refractivity contribution is 8.00. The van der Waals surface area contributed by atoms with Gasteiger partial charge in [-0.25, -0.2) is 0 Å². The highest BCUT2D eigenvalue weighted by Crippen LogP contribution is 2.43. The summed E-state index contributed by atoms with van der Waals surface area (Å²) in [7, 11) is 0. The molecule has 1 aliphatic heterocycles. The van der Waals surface area contributed by atoms with E-state index in [9.17, 15) is 4.79 Å². The second kappa shape index (κ2) is 9.61. The molecule has 0 radical (unpaired) electrons. The Morgan fingerprint density at radius 3 is 2.06 bits per heavy atom. The smallest absolute Gasteiger partial charge is 0.238 e. The number of benzene rings is 4. The van der Waals surface area contributed by atoms with Crippen LogP contribution in [0.15, 0.2) is 103 Å². The number of para-hydroxylation sites is 1. The summed E-state index contributed by atoms with van der Waals surface area (Å²) in [5, 5.41) is 0.534. The highest BCUT2D eigenvalue weighted by atomic mass is 35.5. The number of halogens is 1. The molecule has 33 heavy (non-hydrogen) atoms. The molecule has 0 bridgehead atoms. The third-order valence-electron chi connectivity index (χ3n) is 5.15. The Morgan fingerprint density at radius 2 is 1.33 bits per heavy atom. The number of anilines is 1. The molecule has 1 heterocycles. The van der Waals surface area contributed by atoms with Crippen LogP contribution >= 0.6 is 23.4 Å². The average Bonchev–Trinajstić information content (AvgIpc) is 3.23. The van der Waals surface area contributed by atoms with Crippen molar-refractivity contribution in [2.45, 2.75) is 5.37 Å². The van der Waals surface area contributed by atoms with E-state index in [1.165, 1.54) is 0 Å². The van der Waals surface area contributed by atoms with Crippen molar-refractivity contribution in [2.24, 2.45) is 0 Å². The van der Waals surface area contributed by atoms with Gasteiger partial charge >= 0.3 is 0 Å². The molecule has 6 heteroatoms. The van der Waals surface area contributed by atoms with Gasteiger partial charge in [-0.3, -0.25) is 9.69 Å². The molecule has 1 saturated heterocycles. The van der Waals surface area contributed by atoms with Crippen molar-refractivity contribution in [1.29, 1.82) is 0 Å². The van der Waals surface area contributed by atoms with Gasteiger partial charge in [0.2, 0.25) is 5.91 Å². The van der Waals surface area contributed by atoms with Gasteiger partial charge in [-0.2, -0.15) is 0 Å². The summed E-state index contributed by atoms with van der Waals surface area (Å²) in [5.74, 6) is 3.41. The number of nitrogens with zero attached hydrogens (tertiary/aromatic N) is 1. The minimum absolute atomic E-state index is 0.0748. The van der Waals surface area contributed by atoms with Gasteiger partial charge in [0, 0.05) is 10.7 Å². The minimum Gasteiger partial charge on any atom is -0.457 e. The molecule has 1 atom stereocenters. The van der Waals surface area contributed by atoms with E-state index in [0.717, 1.165) is 22.7 Å². The van der Waals surface area contributed by atoms with Crippen LogP contribution in [0.4, 0.5) is 5.69 Å². The maximum atomic E-state index is 12.8. The zero-order valence-electron chi connectivity index (χ0n) is 17.6. The first-order chi connectivity index (χ1) is 16.2. The molecule has 0 saturated carbocycles. The summed E-state index contributed by atoms with van der Waals surface area (Å²) >= 11 is 7.54. The number of carbonyl (C=O) groups is 1. The molecular formula is C27H20ClNO3S. The fourth-order valence-corrected chi connectivity index (χ4v) is 4.91. The number of thioether (sulfide) groups is 1. The fraction of sp³-hybridized carbons (Fsp3) is 0.0741. The number of hydrogen-bond acceptors (Lipinski definition) is 4. The van der Waals surface area contributed by atoms with Crippen molar-refractivity contribution < 1.29 is 14.3 Å². The maximum absolute atomic E-state index is 12.8. The summed E-state index contributed by atoms with van der Waals surface area (Å²) in [6.07, 6.45) is 0. The second-order valence-electron chi connectivity index (χ2n) is 7.46. The van der Waals surface area contributed by atoms with Crippen molar-refractivity contribution >= 4 is 35.0 Å². The van der Waals surface area contributed by atoms with Gasteiger partial charge in [-0.05, 0) is 78.4 Å². The molecule has 0 aromatic heterocycles. The Morgan fingerprint density at radius 1 is 0.727 bits per heavy atom. The number of hydrogen-bond donors (Lipinski definition) is 0. The van der Waals surface area contributed by atoms with Crippen LogP contribution < -0.4 is 14.4 Å². The van der Waals surface area contributed by atoms with Crippen LogP contribution in [0, 0.1) is 0 Å². The van der Waals surface area contributed by atoms with Crippen molar-refractivity contribution in [3.8, 4) is 23.0 Å². The Hall–Kier alpha value is -3.41. The van der Waals surface area contributed by atoms with E-state index >= 15 is 0 Å². The lowest BCUT2D eigenvalue weighted by molar-refractivity contribution is -0.115. The molecule has 1 unspecified atom stereocenters. The molecule has 4 nitrogen and oxygen atoms in total. The highest BCUT2D eigenvalue weighted by Gasteiger charge is 2.34. The Kier molecular flexibility index (Phi) is 6.24. The average molecular weight is 474 g/mol.